The molecule has 0 bridgehead atoms. The maximum Gasteiger partial charge on any atom is 0.234 e. The second-order valence-corrected chi connectivity index (χ2v) is 8.75. The van der Waals surface area contributed by atoms with Crippen LogP contribution >= 0.6 is 0 Å². The fraction of sp³-hybridized carbons (Fsp3) is 0.929. The summed E-state index contributed by atoms with van der Waals surface area (Å²) in [5.41, 5.74) is -0.596. The van der Waals surface area contributed by atoms with Gasteiger partial charge in [-0.05, 0) is 39.3 Å². The molecule has 0 aromatic carbocycles. The summed E-state index contributed by atoms with van der Waals surface area (Å²) in [5.74, 6) is 0.175. The van der Waals surface area contributed by atoms with E-state index in [2.05, 4.69) is 22.5 Å². The lowest BCUT2D eigenvalue weighted by atomic mass is 10.0. The van der Waals surface area contributed by atoms with E-state index < -0.39 is 15.4 Å². The molecule has 2 atom stereocenters. The smallest absolute Gasteiger partial charge is 0.234 e. The fourth-order valence-corrected chi connectivity index (χ4v) is 5.39. The monoisotopic (exact) mass is 317 g/mol. The number of carbonyl (C=O) groups is 1. The van der Waals surface area contributed by atoms with Gasteiger partial charge in [-0.3, -0.25) is 9.69 Å². The molecule has 2 aliphatic rings. The first-order valence-electron chi connectivity index (χ1n) is 7.80. The zero-order valence-corrected chi connectivity index (χ0v) is 13.8. The second kappa shape index (κ2) is 6.62. The summed E-state index contributed by atoms with van der Waals surface area (Å²) in [5, 5.41) is 6.27. The number of amides is 1. The average Bonchev–Trinajstić information content (AvgIpc) is 2.97. The van der Waals surface area contributed by atoms with Crippen molar-refractivity contribution in [1.29, 1.82) is 0 Å². The predicted molar refractivity (Wildman–Crippen MR) is 83.0 cm³/mol. The van der Waals surface area contributed by atoms with Crippen LogP contribution in [0.4, 0.5) is 0 Å². The van der Waals surface area contributed by atoms with Gasteiger partial charge in [-0.2, -0.15) is 0 Å². The van der Waals surface area contributed by atoms with Crippen LogP contribution in [0.3, 0.4) is 0 Å². The summed E-state index contributed by atoms with van der Waals surface area (Å²) < 4.78 is 23.2. The predicted octanol–water partition coefficient (Wildman–Crippen LogP) is -0.246. The van der Waals surface area contributed by atoms with Crippen LogP contribution in [-0.2, 0) is 14.6 Å². The molecular weight excluding hydrogens is 290 g/mol. The molecule has 2 N–H and O–H groups in total. The molecular formula is C14H27N3O3S. The number of carbonyl (C=O) groups excluding carboxylic acids is 1. The maximum atomic E-state index is 12.3. The van der Waals surface area contributed by atoms with Crippen LogP contribution in [0.25, 0.3) is 0 Å². The summed E-state index contributed by atoms with van der Waals surface area (Å²) in [6.07, 6.45) is 2.59. The van der Waals surface area contributed by atoms with Crippen molar-refractivity contribution in [3.63, 3.8) is 0 Å². The molecule has 1 amide bonds. The van der Waals surface area contributed by atoms with E-state index in [9.17, 15) is 13.2 Å². The topological polar surface area (TPSA) is 78.5 Å². The van der Waals surface area contributed by atoms with Crippen LogP contribution in [0.15, 0.2) is 0 Å². The number of sulfone groups is 1. The van der Waals surface area contributed by atoms with Crippen molar-refractivity contribution in [3.8, 4) is 0 Å². The Morgan fingerprint density at radius 1 is 1.48 bits per heavy atom. The summed E-state index contributed by atoms with van der Waals surface area (Å²) in [6, 6.07) is 0.413. The molecule has 0 aromatic rings. The second-order valence-electron chi connectivity index (χ2n) is 6.57. The lowest BCUT2D eigenvalue weighted by Gasteiger charge is -2.30. The van der Waals surface area contributed by atoms with Gasteiger partial charge in [0.1, 0.15) is 0 Å². The Morgan fingerprint density at radius 3 is 2.76 bits per heavy atom. The van der Waals surface area contributed by atoms with Gasteiger partial charge in [0.05, 0.1) is 23.6 Å². The quantitative estimate of drug-likeness (QED) is 0.706. The highest BCUT2D eigenvalue weighted by atomic mass is 32.2. The first-order valence-corrected chi connectivity index (χ1v) is 9.62. The van der Waals surface area contributed by atoms with Gasteiger partial charge in [0.15, 0.2) is 9.84 Å². The van der Waals surface area contributed by atoms with Gasteiger partial charge >= 0.3 is 0 Å². The van der Waals surface area contributed by atoms with Gasteiger partial charge in [-0.25, -0.2) is 8.42 Å². The van der Waals surface area contributed by atoms with Crippen molar-refractivity contribution in [1.82, 2.24) is 15.5 Å². The summed E-state index contributed by atoms with van der Waals surface area (Å²) in [7, 11) is -2.99. The molecule has 2 fully saturated rings. The number of nitrogens with one attached hydrogen (secondary N) is 2. The van der Waals surface area contributed by atoms with Crippen molar-refractivity contribution < 1.29 is 13.2 Å². The van der Waals surface area contributed by atoms with Crippen LogP contribution in [0, 0.1) is 0 Å². The van der Waals surface area contributed by atoms with Crippen LogP contribution < -0.4 is 10.6 Å². The number of rotatable bonds is 6. The molecule has 0 aromatic heterocycles. The fourth-order valence-electron chi connectivity index (χ4n) is 3.30. The van der Waals surface area contributed by atoms with Crippen molar-refractivity contribution in [3.05, 3.63) is 0 Å². The normalized spacial score (nSPS) is 31.7. The maximum absolute atomic E-state index is 12.3. The zero-order valence-electron chi connectivity index (χ0n) is 13.0. The average molecular weight is 317 g/mol. The highest BCUT2D eigenvalue weighted by molar-refractivity contribution is 7.91. The van der Waals surface area contributed by atoms with Gasteiger partial charge in [-0.15, -0.1) is 0 Å². The van der Waals surface area contributed by atoms with E-state index in [4.69, 9.17) is 0 Å². The molecule has 2 saturated heterocycles. The number of hydrogen-bond acceptors (Lipinski definition) is 5. The van der Waals surface area contributed by atoms with Crippen molar-refractivity contribution in [2.45, 2.75) is 44.7 Å². The van der Waals surface area contributed by atoms with Gasteiger partial charge in [0.2, 0.25) is 5.91 Å². The van der Waals surface area contributed by atoms with Gasteiger partial charge < -0.3 is 10.6 Å². The minimum atomic E-state index is -2.99. The highest BCUT2D eigenvalue weighted by Crippen LogP contribution is 2.22. The Labute approximate surface area is 127 Å². The first-order chi connectivity index (χ1) is 9.84. The lowest BCUT2D eigenvalue weighted by Crippen LogP contribution is -2.52. The lowest BCUT2D eigenvalue weighted by molar-refractivity contribution is -0.124. The Morgan fingerprint density at radius 2 is 2.24 bits per heavy atom. The van der Waals surface area contributed by atoms with Crippen LogP contribution in [-0.4, -0.2) is 68.5 Å². The molecule has 6 nitrogen and oxygen atoms in total. The van der Waals surface area contributed by atoms with Crippen molar-refractivity contribution in [2.75, 3.05) is 37.7 Å². The van der Waals surface area contributed by atoms with E-state index in [-0.39, 0.29) is 17.4 Å². The van der Waals surface area contributed by atoms with E-state index in [1.165, 1.54) is 0 Å². The van der Waals surface area contributed by atoms with E-state index in [0.717, 1.165) is 32.5 Å². The van der Waals surface area contributed by atoms with Crippen LogP contribution in [0.1, 0.15) is 33.1 Å². The largest absolute Gasteiger partial charge is 0.349 e. The molecule has 2 heterocycles. The van der Waals surface area contributed by atoms with Gasteiger partial charge in [0, 0.05) is 12.6 Å². The van der Waals surface area contributed by atoms with Gasteiger partial charge in [-0.1, -0.05) is 6.92 Å². The minimum Gasteiger partial charge on any atom is -0.349 e. The number of hydrogen-bond donors (Lipinski definition) is 2. The third-order valence-corrected chi connectivity index (χ3v) is 6.26. The molecule has 0 aliphatic carbocycles. The summed E-state index contributed by atoms with van der Waals surface area (Å²) in [6.45, 7) is 7.13. The van der Waals surface area contributed by atoms with E-state index in [1.807, 2.05) is 6.92 Å². The molecule has 0 spiro atoms. The Bertz CT molecular complexity index is 474. The minimum absolute atomic E-state index is 0.0600. The Kier molecular flexibility index (Phi) is 5.27. The standard InChI is InChI=1S/C14H27N3O3S/c1-3-7-17(12-4-6-15-9-12)10-13(18)16-14(2)5-8-21(19,20)11-14/h12,15H,3-11H2,1-2H3,(H,16,18). The van der Waals surface area contributed by atoms with Crippen molar-refractivity contribution in [2.24, 2.45) is 0 Å². The molecule has 2 unspecified atom stereocenters. The van der Waals surface area contributed by atoms with Crippen LogP contribution in [0.2, 0.25) is 0 Å². The van der Waals surface area contributed by atoms with Crippen molar-refractivity contribution >= 4 is 15.7 Å². The first kappa shape index (κ1) is 16.7. The zero-order chi connectivity index (χ0) is 15.5. The van der Waals surface area contributed by atoms with Gasteiger partial charge in [0.25, 0.3) is 0 Å². The molecule has 7 heteroatoms. The molecule has 0 saturated carbocycles. The summed E-state index contributed by atoms with van der Waals surface area (Å²) >= 11 is 0. The Hall–Kier alpha value is -0.660. The third-order valence-electron chi connectivity index (χ3n) is 4.35. The highest BCUT2D eigenvalue weighted by Gasteiger charge is 2.39. The molecule has 0 radical (unpaired) electrons. The Balaban J connectivity index is 1.90. The summed E-state index contributed by atoms with van der Waals surface area (Å²) in [4.78, 5) is 14.5. The number of nitrogens with zero attached hydrogens (tertiary/aromatic N) is 1. The molecule has 2 aliphatic heterocycles. The molecule has 2 rings (SSSR count). The van der Waals surface area contributed by atoms with Crippen LogP contribution in [0.5, 0.6) is 0 Å². The molecule has 122 valence electrons. The van der Waals surface area contributed by atoms with E-state index in [1.54, 1.807) is 0 Å². The third kappa shape index (κ3) is 4.66. The SMILES string of the molecule is CCCN(CC(=O)NC1(C)CCS(=O)(=O)C1)C1CCNC1. The molecule has 21 heavy (non-hydrogen) atoms. The van der Waals surface area contributed by atoms with E-state index >= 15 is 0 Å². The van der Waals surface area contributed by atoms with E-state index in [0.29, 0.717) is 19.0 Å².